The maximum atomic E-state index is 13.3. The van der Waals surface area contributed by atoms with E-state index < -0.39 is 0 Å². The van der Waals surface area contributed by atoms with E-state index in [9.17, 15) is 4.79 Å². The number of rotatable bonds is 7. The molecule has 0 bridgehead atoms. The molecule has 1 aliphatic rings. The van der Waals surface area contributed by atoms with Crippen molar-refractivity contribution >= 4 is 11.9 Å². The third-order valence-electron chi connectivity index (χ3n) is 5.74. The molecule has 4 rings (SSSR count). The van der Waals surface area contributed by atoms with Gasteiger partial charge in [-0.3, -0.25) is 14.7 Å². The molecule has 168 valence electrons. The van der Waals surface area contributed by atoms with Gasteiger partial charge in [-0.1, -0.05) is 18.9 Å². The fourth-order valence-electron chi connectivity index (χ4n) is 4.03. The Bertz CT molecular complexity index is 999. The summed E-state index contributed by atoms with van der Waals surface area (Å²) in [6.45, 7) is 2.45. The number of furan rings is 1. The number of likely N-dealkylation sites (tertiary alicyclic amines) is 1. The number of hydrogen-bond acceptors (Lipinski definition) is 7. The summed E-state index contributed by atoms with van der Waals surface area (Å²) in [5, 5.41) is 3.10. The minimum atomic E-state index is -0.220. The van der Waals surface area contributed by atoms with Crippen molar-refractivity contribution in [3.63, 3.8) is 0 Å². The van der Waals surface area contributed by atoms with E-state index in [1.807, 2.05) is 44.4 Å². The van der Waals surface area contributed by atoms with E-state index >= 15 is 0 Å². The third-order valence-corrected chi connectivity index (χ3v) is 5.74. The van der Waals surface area contributed by atoms with Crippen molar-refractivity contribution < 1.29 is 9.21 Å². The molecule has 0 aromatic carbocycles. The Labute approximate surface area is 188 Å². The Morgan fingerprint density at radius 3 is 2.59 bits per heavy atom. The standard InChI is InChI=1S/C24H30N6O2/c1-29(2)24-27-16-18(22(28-24)19-10-5-6-12-25-19)23(31)26-17-20(21-11-9-15-32-21)30-13-7-3-4-8-14-30/h5-6,9-12,15-16,20H,3-4,7-8,13-14,17H2,1-2H3,(H,26,31). The van der Waals surface area contributed by atoms with Gasteiger partial charge in [-0.05, 0) is 50.2 Å². The highest BCUT2D eigenvalue weighted by Gasteiger charge is 2.25. The Kier molecular flexibility index (Phi) is 7.11. The molecule has 32 heavy (non-hydrogen) atoms. The van der Waals surface area contributed by atoms with Crippen LogP contribution >= 0.6 is 0 Å². The second kappa shape index (κ2) is 10.4. The molecule has 1 unspecified atom stereocenters. The van der Waals surface area contributed by atoms with Crippen LogP contribution in [0.4, 0.5) is 5.95 Å². The predicted molar refractivity (Wildman–Crippen MR) is 123 cm³/mol. The highest BCUT2D eigenvalue weighted by molar-refractivity contribution is 5.99. The second-order valence-corrected chi connectivity index (χ2v) is 8.23. The molecule has 8 heteroatoms. The number of amides is 1. The zero-order chi connectivity index (χ0) is 22.3. The predicted octanol–water partition coefficient (Wildman–Crippen LogP) is 3.54. The highest BCUT2D eigenvalue weighted by Crippen LogP contribution is 2.25. The number of anilines is 1. The summed E-state index contributed by atoms with van der Waals surface area (Å²) in [6, 6.07) is 9.44. The summed E-state index contributed by atoms with van der Waals surface area (Å²) >= 11 is 0. The van der Waals surface area contributed by atoms with Gasteiger partial charge in [-0.2, -0.15) is 0 Å². The Hall–Kier alpha value is -3.26. The lowest BCUT2D eigenvalue weighted by Crippen LogP contribution is -2.38. The molecular weight excluding hydrogens is 404 g/mol. The first kappa shape index (κ1) is 22.0. The van der Waals surface area contributed by atoms with Crippen LogP contribution in [0.25, 0.3) is 11.4 Å². The summed E-state index contributed by atoms with van der Waals surface area (Å²) in [5.41, 5.74) is 1.56. The number of nitrogens with one attached hydrogen (secondary N) is 1. The molecule has 1 N–H and O–H groups in total. The average Bonchev–Trinajstić information content (AvgIpc) is 3.22. The molecule has 1 fully saturated rings. The first-order valence-electron chi connectivity index (χ1n) is 11.1. The molecule has 1 atom stereocenters. The van der Waals surface area contributed by atoms with Gasteiger partial charge in [0.1, 0.15) is 11.5 Å². The van der Waals surface area contributed by atoms with E-state index in [1.165, 1.54) is 12.8 Å². The van der Waals surface area contributed by atoms with Crippen LogP contribution in [0.2, 0.25) is 0 Å². The lowest BCUT2D eigenvalue weighted by molar-refractivity contribution is 0.0927. The monoisotopic (exact) mass is 434 g/mol. The van der Waals surface area contributed by atoms with Gasteiger partial charge in [0.15, 0.2) is 0 Å². The van der Waals surface area contributed by atoms with Gasteiger partial charge in [-0.15, -0.1) is 0 Å². The number of carbonyl (C=O) groups is 1. The fourth-order valence-corrected chi connectivity index (χ4v) is 4.03. The van der Waals surface area contributed by atoms with Crippen LogP contribution in [0.15, 0.2) is 53.4 Å². The van der Waals surface area contributed by atoms with Gasteiger partial charge in [0.25, 0.3) is 5.91 Å². The number of hydrogen-bond donors (Lipinski definition) is 1. The normalized spacial score (nSPS) is 15.7. The third kappa shape index (κ3) is 5.13. The molecule has 0 saturated carbocycles. The van der Waals surface area contributed by atoms with E-state index in [0.717, 1.165) is 31.7 Å². The van der Waals surface area contributed by atoms with Crippen LogP contribution in [0.1, 0.15) is 47.8 Å². The van der Waals surface area contributed by atoms with Gasteiger partial charge < -0.3 is 14.6 Å². The SMILES string of the molecule is CN(C)c1ncc(C(=O)NCC(c2ccco2)N2CCCCCC2)c(-c2ccccn2)n1. The van der Waals surface area contributed by atoms with Crippen molar-refractivity contribution in [1.82, 2.24) is 25.2 Å². The van der Waals surface area contributed by atoms with Crippen LogP contribution in [0.5, 0.6) is 0 Å². The second-order valence-electron chi connectivity index (χ2n) is 8.23. The van der Waals surface area contributed by atoms with Crippen molar-refractivity contribution in [3.8, 4) is 11.4 Å². The molecule has 0 aliphatic carbocycles. The Morgan fingerprint density at radius 1 is 1.12 bits per heavy atom. The van der Waals surface area contributed by atoms with E-state index in [-0.39, 0.29) is 11.9 Å². The zero-order valence-corrected chi connectivity index (χ0v) is 18.7. The van der Waals surface area contributed by atoms with Gasteiger partial charge in [0.2, 0.25) is 5.95 Å². The number of nitrogens with zero attached hydrogens (tertiary/aromatic N) is 5. The molecular formula is C24H30N6O2. The summed E-state index contributed by atoms with van der Waals surface area (Å²) in [5.74, 6) is 1.18. The molecule has 4 heterocycles. The molecule has 8 nitrogen and oxygen atoms in total. The molecule has 1 amide bonds. The van der Waals surface area contributed by atoms with Crippen LogP contribution in [0.3, 0.4) is 0 Å². The maximum Gasteiger partial charge on any atom is 0.255 e. The van der Waals surface area contributed by atoms with Crippen LogP contribution in [0, 0.1) is 0 Å². The smallest absolute Gasteiger partial charge is 0.255 e. The summed E-state index contributed by atoms with van der Waals surface area (Å²) in [4.78, 5) is 30.9. The van der Waals surface area contributed by atoms with E-state index in [4.69, 9.17) is 4.42 Å². The maximum absolute atomic E-state index is 13.3. The number of carbonyl (C=O) groups excluding carboxylic acids is 1. The van der Waals surface area contributed by atoms with Crippen LogP contribution in [-0.4, -0.2) is 59.5 Å². The topological polar surface area (TPSA) is 87.4 Å². The van der Waals surface area contributed by atoms with E-state index in [1.54, 1.807) is 23.6 Å². The van der Waals surface area contributed by atoms with Gasteiger partial charge in [0, 0.05) is 33.0 Å². The number of pyridine rings is 1. The summed E-state index contributed by atoms with van der Waals surface area (Å²) in [7, 11) is 3.73. The molecule has 0 radical (unpaired) electrons. The van der Waals surface area contributed by atoms with E-state index in [0.29, 0.717) is 29.4 Å². The zero-order valence-electron chi connectivity index (χ0n) is 18.7. The molecule has 1 saturated heterocycles. The first-order chi connectivity index (χ1) is 15.6. The minimum Gasteiger partial charge on any atom is -0.468 e. The first-order valence-corrected chi connectivity index (χ1v) is 11.1. The largest absolute Gasteiger partial charge is 0.468 e. The number of aromatic nitrogens is 3. The van der Waals surface area contributed by atoms with E-state index in [2.05, 4.69) is 25.2 Å². The average molecular weight is 435 g/mol. The fraction of sp³-hybridized carbons (Fsp3) is 0.417. The highest BCUT2D eigenvalue weighted by atomic mass is 16.3. The van der Waals surface area contributed by atoms with Crippen LogP contribution in [-0.2, 0) is 0 Å². The lowest BCUT2D eigenvalue weighted by Gasteiger charge is -2.29. The lowest BCUT2D eigenvalue weighted by atomic mass is 10.1. The van der Waals surface area contributed by atoms with Crippen molar-refractivity contribution in [2.45, 2.75) is 31.7 Å². The van der Waals surface area contributed by atoms with Crippen molar-refractivity contribution in [2.24, 2.45) is 0 Å². The summed E-state index contributed by atoms with van der Waals surface area (Å²) < 4.78 is 5.73. The Morgan fingerprint density at radius 2 is 1.94 bits per heavy atom. The quantitative estimate of drug-likeness (QED) is 0.608. The molecule has 1 aliphatic heterocycles. The Balaban J connectivity index is 1.57. The van der Waals surface area contributed by atoms with Crippen molar-refractivity contribution in [2.75, 3.05) is 38.6 Å². The van der Waals surface area contributed by atoms with Gasteiger partial charge in [-0.25, -0.2) is 9.97 Å². The summed E-state index contributed by atoms with van der Waals surface area (Å²) in [6.07, 6.45) is 9.78. The van der Waals surface area contributed by atoms with Gasteiger partial charge >= 0.3 is 0 Å². The van der Waals surface area contributed by atoms with Crippen LogP contribution < -0.4 is 10.2 Å². The van der Waals surface area contributed by atoms with Gasteiger partial charge in [0.05, 0.1) is 23.6 Å². The molecule has 3 aromatic rings. The minimum absolute atomic E-state index is 0.00711. The molecule has 0 spiro atoms. The molecule has 3 aromatic heterocycles. The van der Waals surface area contributed by atoms with Crippen molar-refractivity contribution in [1.29, 1.82) is 0 Å². The van der Waals surface area contributed by atoms with Crippen molar-refractivity contribution in [3.05, 3.63) is 60.3 Å².